The van der Waals surface area contributed by atoms with Crippen molar-refractivity contribution in [3.8, 4) is 0 Å². The first-order valence-electron chi connectivity index (χ1n) is 11.3. The second-order valence-corrected chi connectivity index (χ2v) is 12.0. The number of carbonyl (C=O) groups excluding carboxylic acids is 1. The van der Waals surface area contributed by atoms with E-state index in [9.17, 15) is 21.6 Å². The lowest BCUT2D eigenvalue weighted by Gasteiger charge is -2.23. The molecule has 200 valence electrons. The summed E-state index contributed by atoms with van der Waals surface area (Å²) in [5, 5.41) is 3.10. The maximum Gasteiger partial charge on any atom is 0.264 e. The van der Waals surface area contributed by atoms with Gasteiger partial charge in [0.15, 0.2) is 0 Å². The largest absolute Gasteiger partial charge is 0.322 e. The Morgan fingerprint density at radius 3 is 2.21 bits per heavy atom. The molecule has 0 aliphatic heterocycles. The Morgan fingerprint density at radius 2 is 1.56 bits per heavy atom. The lowest BCUT2D eigenvalue weighted by Crippen LogP contribution is -2.31. The molecule has 0 unspecified atom stereocenters. The van der Waals surface area contributed by atoms with Crippen molar-refractivity contribution in [2.75, 3.05) is 20.9 Å². The quantitative estimate of drug-likeness (QED) is 0.261. The molecule has 0 fully saturated rings. The first-order valence-corrected chi connectivity index (χ1v) is 14.6. The number of hydrogen-bond donors (Lipinski definition) is 2. The van der Waals surface area contributed by atoms with Gasteiger partial charge in [0.2, 0.25) is 5.95 Å². The highest BCUT2D eigenvalue weighted by Gasteiger charge is 2.25. The number of anilines is 3. The maximum atomic E-state index is 13.4. The van der Waals surface area contributed by atoms with Gasteiger partial charge in [-0.3, -0.25) is 9.10 Å². The number of aromatic nitrogens is 2. The van der Waals surface area contributed by atoms with Crippen molar-refractivity contribution in [1.29, 1.82) is 0 Å². The third-order valence-electron chi connectivity index (χ3n) is 5.31. The summed E-state index contributed by atoms with van der Waals surface area (Å²) in [6.07, 6.45) is 4.26. The van der Waals surface area contributed by atoms with Gasteiger partial charge in [0.25, 0.3) is 26.0 Å². The monoisotopic (exact) mass is 583 g/mol. The van der Waals surface area contributed by atoms with Gasteiger partial charge in [-0.05, 0) is 72.8 Å². The SMILES string of the molecule is C=CCN(c1ccc(Cl)cc1)S(=O)(=O)c1cccc(C(=O)Nc2ccc(S(=O)(=O)Nc3ncccn3)cc2)c1. The van der Waals surface area contributed by atoms with Crippen LogP contribution in [0.4, 0.5) is 17.3 Å². The Kier molecular flexibility index (Phi) is 8.29. The molecule has 0 bridgehead atoms. The molecule has 0 radical (unpaired) electrons. The summed E-state index contributed by atoms with van der Waals surface area (Å²) in [4.78, 5) is 20.4. The van der Waals surface area contributed by atoms with E-state index in [4.69, 9.17) is 11.6 Å². The summed E-state index contributed by atoms with van der Waals surface area (Å²) in [5.41, 5.74) is 0.778. The summed E-state index contributed by atoms with van der Waals surface area (Å²) in [5.74, 6) is -0.660. The molecule has 3 aromatic carbocycles. The molecule has 13 heteroatoms. The fraction of sp³-hybridized carbons (Fsp3) is 0.0385. The van der Waals surface area contributed by atoms with E-state index in [1.807, 2.05) is 0 Å². The van der Waals surface area contributed by atoms with Crippen LogP contribution in [0.1, 0.15) is 10.4 Å². The number of benzene rings is 3. The predicted octanol–water partition coefficient (Wildman–Crippen LogP) is 4.56. The lowest BCUT2D eigenvalue weighted by molar-refractivity contribution is 0.102. The van der Waals surface area contributed by atoms with E-state index >= 15 is 0 Å². The van der Waals surface area contributed by atoms with E-state index in [-0.39, 0.29) is 27.8 Å². The van der Waals surface area contributed by atoms with E-state index < -0.39 is 26.0 Å². The molecule has 0 saturated carbocycles. The molecule has 4 aromatic rings. The lowest BCUT2D eigenvalue weighted by atomic mass is 10.2. The molecule has 0 aliphatic carbocycles. The van der Waals surface area contributed by atoms with Crippen molar-refractivity contribution in [2.45, 2.75) is 9.79 Å². The minimum atomic E-state index is -4.05. The van der Waals surface area contributed by atoms with E-state index in [2.05, 4.69) is 26.6 Å². The topological polar surface area (TPSA) is 138 Å². The molecule has 0 atom stereocenters. The number of halogens is 1. The van der Waals surface area contributed by atoms with Crippen LogP contribution in [0.25, 0.3) is 0 Å². The van der Waals surface area contributed by atoms with Crippen LogP contribution in [0.5, 0.6) is 0 Å². The second kappa shape index (κ2) is 11.6. The van der Waals surface area contributed by atoms with Crippen molar-refractivity contribution < 1.29 is 21.6 Å². The Labute approximate surface area is 231 Å². The zero-order chi connectivity index (χ0) is 28.0. The van der Waals surface area contributed by atoms with Crippen LogP contribution in [0.15, 0.2) is 114 Å². The Hall–Kier alpha value is -4.26. The fourth-order valence-corrected chi connectivity index (χ4v) is 6.01. The molecule has 0 aliphatic rings. The van der Waals surface area contributed by atoms with Crippen LogP contribution in [0, 0.1) is 0 Å². The summed E-state index contributed by atoms with van der Waals surface area (Å²) >= 11 is 5.94. The van der Waals surface area contributed by atoms with Gasteiger partial charge in [-0.2, -0.15) is 0 Å². The number of nitrogens with zero attached hydrogens (tertiary/aromatic N) is 3. The summed E-state index contributed by atoms with van der Waals surface area (Å²) < 4.78 is 55.4. The highest BCUT2D eigenvalue weighted by atomic mass is 35.5. The number of nitrogens with one attached hydrogen (secondary N) is 2. The zero-order valence-corrected chi connectivity index (χ0v) is 22.6. The van der Waals surface area contributed by atoms with Crippen molar-refractivity contribution in [2.24, 2.45) is 0 Å². The molecule has 1 aromatic heterocycles. The Morgan fingerprint density at radius 1 is 0.897 bits per heavy atom. The number of carbonyl (C=O) groups is 1. The first kappa shape index (κ1) is 27.8. The van der Waals surface area contributed by atoms with Gasteiger partial charge in [-0.1, -0.05) is 23.7 Å². The minimum Gasteiger partial charge on any atom is -0.322 e. The normalized spacial score (nSPS) is 11.4. The standard InChI is InChI=1S/C26H22ClN5O5S2/c1-2-17-32(22-11-7-20(27)8-12-22)39(36,37)24-6-3-5-19(18-24)25(33)30-21-9-13-23(14-10-21)38(34,35)31-26-28-15-4-16-29-26/h2-16,18H,1,17H2,(H,30,33)(H,28,29,31). The van der Waals surface area contributed by atoms with Gasteiger partial charge < -0.3 is 5.32 Å². The van der Waals surface area contributed by atoms with Gasteiger partial charge >= 0.3 is 0 Å². The molecule has 0 spiro atoms. The predicted molar refractivity (Wildman–Crippen MR) is 150 cm³/mol. The molecule has 10 nitrogen and oxygen atoms in total. The third-order valence-corrected chi connectivity index (χ3v) is 8.69. The van der Waals surface area contributed by atoms with Crippen molar-refractivity contribution in [3.63, 3.8) is 0 Å². The number of hydrogen-bond acceptors (Lipinski definition) is 7. The Bertz CT molecular complexity index is 1700. The number of sulfonamides is 2. The average Bonchev–Trinajstić information content (AvgIpc) is 2.93. The van der Waals surface area contributed by atoms with E-state index in [0.29, 0.717) is 16.4 Å². The molecular formula is C26H22ClN5O5S2. The molecule has 1 amide bonds. The highest BCUT2D eigenvalue weighted by Crippen LogP contribution is 2.26. The number of amides is 1. The summed E-state index contributed by atoms with van der Waals surface area (Å²) in [6, 6.07) is 18.9. The third kappa shape index (κ3) is 6.60. The maximum absolute atomic E-state index is 13.4. The van der Waals surface area contributed by atoms with Crippen LogP contribution in [-0.2, 0) is 20.0 Å². The van der Waals surface area contributed by atoms with Gasteiger partial charge in [0.1, 0.15) is 0 Å². The van der Waals surface area contributed by atoms with Crippen LogP contribution in [0.2, 0.25) is 5.02 Å². The summed E-state index contributed by atoms with van der Waals surface area (Å²) in [6.45, 7) is 3.64. The van der Waals surface area contributed by atoms with Crippen molar-refractivity contribution in [3.05, 3.63) is 114 Å². The second-order valence-electron chi connectivity index (χ2n) is 7.99. The first-order chi connectivity index (χ1) is 18.6. The highest BCUT2D eigenvalue weighted by molar-refractivity contribution is 7.93. The van der Waals surface area contributed by atoms with Gasteiger partial charge in [0.05, 0.1) is 22.0 Å². The van der Waals surface area contributed by atoms with Crippen LogP contribution < -0.4 is 14.3 Å². The van der Waals surface area contributed by atoms with Crippen LogP contribution >= 0.6 is 11.6 Å². The van der Waals surface area contributed by atoms with Gasteiger partial charge in [-0.25, -0.2) is 31.5 Å². The molecule has 0 saturated heterocycles. The van der Waals surface area contributed by atoms with E-state index in [1.165, 1.54) is 67.0 Å². The Balaban J connectivity index is 1.52. The van der Waals surface area contributed by atoms with E-state index in [0.717, 1.165) is 4.31 Å². The molecule has 1 heterocycles. The van der Waals surface area contributed by atoms with Crippen LogP contribution in [-0.4, -0.2) is 39.3 Å². The fourth-order valence-electron chi connectivity index (χ4n) is 3.44. The number of rotatable bonds is 10. The van der Waals surface area contributed by atoms with Gasteiger partial charge in [0, 0.05) is 28.7 Å². The zero-order valence-electron chi connectivity index (χ0n) is 20.2. The smallest absolute Gasteiger partial charge is 0.264 e. The molecular weight excluding hydrogens is 562 g/mol. The molecule has 39 heavy (non-hydrogen) atoms. The molecule has 2 N–H and O–H groups in total. The average molecular weight is 584 g/mol. The van der Waals surface area contributed by atoms with Gasteiger partial charge in [-0.15, -0.1) is 6.58 Å². The minimum absolute atomic E-state index is 0.000894. The van der Waals surface area contributed by atoms with Crippen molar-refractivity contribution >= 4 is 54.9 Å². The summed E-state index contributed by atoms with van der Waals surface area (Å²) in [7, 11) is -8.00. The van der Waals surface area contributed by atoms with E-state index in [1.54, 1.807) is 30.3 Å². The van der Waals surface area contributed by atoms with Crippen molar-refractivity contribution in [1.82, 2.24) is 9.97 Å². The molecule has 4 rings (SSSR count). The van der Waals surface area contributed by atoms with Crippen LogP contribution in [0.3, 0.4) is 0 Å².